The van der Waals surface area contributed by atoms with Gasteiger partial charge in [-0.1, -0.05) is 11.6 Å². The van der Waals surface area contributed by atoms with Crippen LogP contribution in [0.5, 0.6) is 11.5 Å². The summed E-state index contributed by atoms with van der Waals surface area (Å²) in [7, 11) is 0. The molecule has 5 nitrogen and oxygen atoms in total. The van der Waals surface area contributed by atoms with Crippen molar-refractivity contribution < 1.29 is 19.4 Å². The second-order valence-electron chi connectivity index (χ2n) is 5.63. The number of ether oxygens (including phenoxy) is 2. The lowest BCUT2D eigenvalue weighted by molar-refractivity contribution is -0.137. The van der Waals surface area contributed by atoms with Crippen molar-refractivity contribution in [2.45, 2.75) is 25.8 Å². The fourth-order valence-corrected chi connectivity index (χ4v) is 3.28. The number of rotatable bonds is 5. The highest BCUT2D eigenvalue weighted by atomic mass is 35.5. The van der Waals surface area contributed by atoms with Gasteiger partial charge in [-0.15, -0.1) is 0 Å². The summed E-state index contributed by atoms with van der Waals surface area (Å²) >= 11 is 6.18. The van der Waals surface area contributed by atoms with E-state index in [2.05, 4.69) is 4.90 Å². The standard InChI is InChI=1S/C15H18ClNO4/c16-12-5-11(6-13-15(12)21-9-20-13)8-17-4-3-10(7-17)1-2-14(18)19/h5-6,10H,1-4,7-9H2,(H,18,19). The van der Waals surface area contributed by atoms with Gasteiger partial charge >= 0.3 is 5.97 Å². The van der Waals surface area contributed by atoms with Crippen molar-refractivity contribution in [3.8, 4) is 11.5 Å². The zero-order chi connectivity index (χ0) is 14.8. The Morgan fingerprint density at radius 2 is 2.29 bits per heavy atom. The minimum Gasteiger partial charge on any atom is -0.481 e. The van der Waals surface area contributed by atoms with Gasteiger partial charge in [0.2, 0.25) is 6.79 Å². The van der Waals surface area contributed by atoms with Crippen LogP contribution < -0.4 is 9.47 Å². The van der Waals surface area contributed by atoms with E-state index in [9.17, 15) is 4.79 Å². The van der Waals surface area contributed by atoms with Crippen molar-refractivity contribution in [2.24, 2.45) is 5.92 Å². The number of fused-ring (bicyclic) bond motifs is 1. The van der Waals surface area contributed by atoms with Gasteiger partial charge in [0.25, 0.3) is 0 Å². The molecule has 0 aliphatic carbocycles. The normalized spacial score (nSPS) is 20.9. The highest BCUT2D eigenvalue weighted by Gasteiger charge is 2.24. The summed E-state index contributed by atoms with van der Waals surface area (Å²) in [5, 5.41) is 9.33. The Hall–Kier alpha value is -1.46. The molecule has 1 fully saturated rings. The molecule has 0 spiro atoms. The Labute approximate surface area is 128 Å². The molecule has 1 aromatic rings. The van der Waals surface area contributed by atoms with Crippen LogP contribution in [0.1, 0.15) is 24.8 Å². The maximum Gasteiger partial charge on any atom is 0.303 e. The molecule has 1 atom stereocenters. The Morgan fingerprint density at radius 3 is 3.10 bits per heavy atom. The van der Waals surface area contributed by atoms with Crippen molar-refractivity contribution in [3.05, 3.63) is 22.7 Å². The average molecular weight is 312 g/mol. The predicted molar refractivity (Wildman–Crippen MR) is 77.8 cm³/mol. The first-order chi connectivity index (χ1) is 10.1. The van der Waals surface area contributed by atoms with Crippen molar-refractivity contribution in [1.82, 2.24) is 4.90 Å². The Bertz CT molecular complexity index is 549. The highest BCUT2D eigenvalue weighted by molar-refractivity contribution is 6.32. The summed E-state index contributed by atoms with van der Waals surface area (Å²) in [5.41, 5.74) is 1.10. The zero-order valence-corrected chi connectivity index (χ0v) is 12.4. The van der Waals surface area contributed by atoms with E-state index in [4.69, 9.17) is 26.2 Å². The molecule has 0 radical (unpaired) electrons. The molecule has 0 amide bonds. The Kier molecular flexibility index (Phi) is 4.22. The molecule has 2 aliphatic heterocycles. The molecule has 0 aromatic heterocycles. The molecule has 2 heterocycles. The summed E-state index contributed by atoms with van der Waals surface area (Å²) in [6, 6.07) is 3.89. The van der Waals surface area contributed by atoms with Crippen LogP contribution >= 0.6 is 11.6 Å². The van der Waals surface area contributed by atoms with E-state index in [1.165, 1.54) is 0 Å². The second-order valence-corrected chi connectivity index (χ2v) is 6.04. The Morgan fingerprint density at radius 1 is 1.43 bits per heavy atom. The summed E-state index contributed by atoms with van der Waals surface area (Å²) in [5.74, 6) is 1.10. The number of halogens is 1. The van der Waals surface area contributed by atoms with E-state index < -0.39 is 5.97 Å². The van der Waals surface area contributed by atoms with Gasteiger partial charge in [0, 0.05) is 19.5 Å². The minimum absolute atomic E-state index is 0.222. The van der Waals surface area contributed by atoms with E-state index in [1.807, 2.05) is 12.1 Å². The molecule has 3 rings (SSSR count). The number of aliphatic carboxylic acids is 1. The zero-order valence-electron chi connectivity index (χ0n) is 11.7. The molecule has 114 valence electrons. The summed E-state index contributed by atoms with van der Waals surface area (Å²) < 4.78 is 10.7. The predicted octanol–water partition coefficient (Wildman–Crippen LogP) is 2.76. The summed E-state index contributed by atoms with van der Waals surface area (Å²) in [4.78, 5) is 13.0. The third-order valence-corrected chi connectivity index (χ3v) is 4.31. The SMILES string of the molecule is O=C(O)CCC1CCN(Cc2cc(Cl)c3c(c2)OCO3)C1. The number of likely N-dealkylation sites (tertiary alicyclic amines) is 1. The highest BCUT2D eigenvalue weighted by Crippen LogP contribution is 2.40. The van der Waals surface area contributed by atoms with Gasteiger partial charge < -0.3 is 14.6 Å². The molecular formula is C15H18ClNO4. The van der Waals surface area contributed by atoms with Gasteiger partial charge in [-0.05, 0) is 43.0 Å². The maximum atomic E-state index is 10.6. The third kappa shape index (κ3) is 3.41. The number of benzene rings is 1. The van der Waals surface area contributed by atoms with E-state index in [0.717, 1.165) is 38.0 Å². The van der Waals surface area contributed by atoms with Gasteiger partial charge in [0.15, 0.2) is 11.5 Å². The minimum atomic E-state index is -0.712. The molecule has 2 aliphatic rings. The number of carboxylic acid groups (broad SMARTS) is 1. The molecular weight excluding hydrogens is 294 g/mol. The van der Waals surface area contributed by atoms with Crippen LogP contribution in [0, 0.1) is 5.92 Å². The molecule has 0 bridgehead atoms. The van der Waals surface area contributed by atoms with Gasteiger partial charge in [-0.3, -0.25) is 9.69 Å². The maximum absolute atomic E-state index is 10.6. The van der Waals surface area contributed by atoms with E-state index in [1.54, 1.807) is 0 Å². The summed E-state index contributed by atoms with van der Waals surface area (Å²) in [6.07, 6.45) is 2.08. The molecule has 1 aromatic carbocycles. The second kappa shape index (κ2) is 6.12. The van der Waals surface area contributed by atoms with Crippen LogP contribution in [0.3, 0.4) is 0 Å². The van der Waals surface area contributed by atoms with Crippen LogP contribution in [0.15, 0.2) is 12.1 Å². The lowest BCUT2D eigenvalue weighted by atomic mass is 10.0. The first-order valence-electron chi connectivity index (χ1n) is 7.14. The van der Waals surface area contributed by atoms with Gasteiger partial charge in [0.05, 0.1) is 5.02 Å². The molecule has 21 heavy (non-hydrogen) atoms. The number of carbonyl (C=O) groups is 1. The van der Waals surface area contributed by atoms with Crippen molar-refractivity contribution in [2.75, 3.05) is 19.9 Å². The molecule has 1 N–H and O–H groups in total. The van der Waals surface area contributed by atoms with Crippen molar-refractivity contribution in [1.29, 1.82) is 0 Å². The van der Waals surface area contributed by atoms with Crippen molar-refractivity contribution >= 4 is 17.6 Å². The molecule has 1 saturated heterocycles. The van der Waals surface area contributed by atoms with E-state index in [0.29, 0.717) is 22.4 Å². The smallest absolute Gasteiger partial charge is 0.303 e. The third-order valence-electron chi connectivity index (χ3n) is 4.03. The lowest BCUT2D eigenvalue weighted by Crippen LogP contribution is -2.20. The number of nitrogens with zero attached hydrogens (tertiary/aromatic N) is 1. The molecule has 1 unspecified atom stereocenters. The largest absolute Gasteiger partial charge is 0.481 e. The Balaban J connectivity index is 1.58. The molecule has 6 heteroatoms. The van der Waals surface area contributed by atoms with Crippen LogP contribution in [-0.2, 0) is 11.3 Å². The number of hydrogen-bond acceptors (Lipinski definition) is 4. The van der Waals surface area contributed by atoms with Crippen LogP contribution in [0.4, 0.5) is 0 Å². The number of carboxylic acids is 1. The monoisotopic (exact) mass is 311 g/mol. The average Bonchev–Trinajstić information content (AvgIpc) is 3.05. The van der Waals surface area contributed by atoms with Crippen LogP contribution in [-0.4, -0.2) is 35.9 Å². The van der Waals surface area contributed by atoms with Crippen molar-refractivity contribution in [3.63, 3.8) is 0 Å². The topological polar surface area (TPSA) is 59.0 Å². The quantitative estimate of drug-likeness (QED) is 0.906. The van der Waals surface area contributed by atoms with Gasteiger partial charge in [-0.2, -0.15) is 0 Å². The first-order valence-corrected chi connectivity index (χ1v) is 7.52. The van der Waals surface area contributed by atoms with E-state index >= 15 is 0 Å². The van der Waals surface area contributed by atoms with Crippen LogP contribution in [0.25, 0.3) is 0 Å². The lowest BCUT2D eigenvalue weighted by Gasteiger charge is -2.16. The van der Waals surface area contributed by atoms with Gasteiger partial charge in [0.1, 0.15) is 0 Å². The molecule has 0 saturated carbocycles. The fraction of sp³-hybridized carbons (Fsp3) is 0.533. The number of hydrogen-bond donors (Lipinski definition) is 1. The van der Waals surface area contributed by atoms with Gasteiger partial charge in [-0.25, -0.2) is 0 Å². The summed E-state index contributed by atoms with van der Waals surface area (Å²) in [6.45, 7) is 2.97. The van der Waals surface area contributed by atoms with Crippen LogP contribution in [0.2, 0.25) is 5.02 Å². The van der Waals surface area contributed by atoms with E-state index in [-0.39, 0.29) is 13.2 Å². The fourth-order valence-electron chi connectivity index (χ4n) is 2.99. The first kappa shape index (κ1) is 14.5.